The van der Waals surface area contributed by atoms with Gasteiger partial charge in [-0.05, 0) is 103 Å². The highest BCUT2D eigenvalue weighted by atomic mass is 127. The molecule has 0 saturated heterocycles. The van der Waals surface area contributed by atoms with Gasteiger partial charge in [0.05, 0.1) is 10.9 Å². The van der Waals surface area contributed by atoms with Crippen LogP contribution in [-0.4, -0.2) is 18.2 Å². The SMILES string of the molecule is CC(C)(C#Cc1cccc(I)c1)OC(=O)COc1ccc([S+](c2ccccc2)c2ccccc2)cc1. The third-order valence-electron chi connectivity index (χ3n) is 5.08. The summed E-state index contributed by atoms with van der Waals surface area (Å²) in [7, 11) is -0.232. The smallest absolute Gasteiger partial charge is 0.345 e. The average molecular weight is 606 g/mol. The second-order valence-electron chi connectivity index (χ2n) is 8.44. The molecule has 0 spiro atoms. The standard InChI is InChI=1S/C31H26IO3S/c1-31(2,21-20-24-10-9-11-25(32)22-24)35-30(33)23-34-26-16-18-29(19-17-26)36(27-12-5-3-6-13-27)28-14-7-4-8-15-28/h3-19,22H,23H2,1-2H3/q+1. The Morgan fingerprint density at radius 3 is 1.97 bits per heavy atom. The van der Waals surface area contributed by atoms with E-state index in [-0.39, 0.29) is 17.5 Å². The van der Waals surface area contributed by atoms with E-state index in [4.69, 9.17) is 9.47 Å². The van der Waals surface area contributed by atoms with Crippen LogP contribution in [0.5, 0.6) is 5.75 Å². The molecule has 4 aromatic rings. The molecule has 180 valence electrons. The van der Waals surface area contributed by atoms with Gasteiger partial charge < -0.3 is 9.47 Å². The van der Waals surface area contributed by atoms with Gasteiger partial charge in [0, 0.05) is 9.13 Å². The fourth-order valence-electron chi connectivity index (χ4n) is 3.46. The molecule has 4 rings (SSSR count). The van der Waals surface area contributed by atoms with Crippen molar-refractivity contribution in [2.75, 3.05) is 6.61 Å². The van der Waals surface area contributed by atoms with E-state index in [1.165, 1.54) is 14.7 Å². The molecular formula is C31H26IO3S+. The molecule has 0 fully saturated rings. The van der Waals surface area contributed by atoms with Crippen LogP contribution in [0.4, 0.5) is 0 Å². The molecule has 0 aliphatic heterocycles. The van der Waals surface area contributed by atoms with Crippen LogP contribution in [0.1, 0.15) is 19.4 Å². The Balaban J connectivity index is 1.39. The van der Waals surface area contributed by atoms with Crippen molar-refractivity contribution < 1.29 is 14.3 Å². The molecule has 0 saturated carbocycles. The third kappa shape index (κ3) is 7.39. The van der Waals surface area contributed by atoms with Crippen molar-refractivity contribution >= 4 is 39.5 Å². The summed E-state index contributed by atoms with van der Waals surface area (Å²) in [6.07, 6.45) is 0. The minimum atomic E-state index is -0.925. The topological polar surface area (TPSA) is 35.5 Å². The first-order valence-corrected chi connectivity index (χ1v) is 13.8. The Kier molecular flexibility index (Phi) is 8.74. The van der Waals surface area contributed by atoms with Crippen molar-refractivity contribution in [2.24, 2.45) is 0 Å². The van der Waals surface area contributed by atoms with E-state index < -0.39 is 11.6 Å². The van der Waals surface area contributed by atoms with E-state index in [9.17, 15) is 4.79 Å². The van der Waals surface area contributed by atoms with E-state index in [2.05, 4.69) is 95.1 Å². The van der Waals surface area contributed by atoms with Crippen LogP contribution in [-0.2, 0) is 20.4 Å². The van der Waals surface area contributed by atoms with Gasteiger partial charge in [-0.15, -0.1) is 0 Å². The van der Waals surface area contributed by atoms with Crippen LogP contribution in [0.3, 0.4) is 0 Å². The fourth-order valence-corrected chi connectivity index (χ4v) is 6.09. The maximum atomic E-state index is 12.4. The summed E-state index contributed by atoms with van der Waals surface area (Å²) in [5.74, 6) is 6.26. The third-order valence-corrected chi connectivity index (χ3v) is 7.98. The lowest BCUT2D eigenvalue weighted by Crippen LogP contribution is -2.29. The predicted molar refractivity (Wildman–Crippen MR) is 153 cm³/mol. The highest BCUT2D eigenvalue weighted by Gasteiger charge is 2.28. The van der Waals surface area contributed by atoms with Crippen molar-refractivity contribution in [1.82, 2.24) is 0 Å². The van der Waals surface area contributed by atoms with Gasteiger partial charge in [0.2, 0.25) is 0 Å². The number of benzene rings is 4. The van der Waals surface area contributed by atoms with E-state index >= 15 is 0 Å². The van der Waals surface area contributed by atoms with Crippen LogP contribution in [0.2, 0.25) is 0 Å². The van der Waals surface area contributed by atoms with Gasteiger partial charge in [0.15, 0.2) is 26.9 Å². The van der Waals surface area contributed by atoms with Crippen molar-refractivity contribution in [3.63, 3.8) is 0 Å². The number of hydrogen-bond donors (Lipinski definition) is 0. The van der Waals surface area contributed by atoms with Crippen molar-refractivity contribution in [3.8, 4) is 17.6 Å². The molecule has 3 nitrogen and oxygen atoms in total. The zero-order valence-corrected chi connectivity index (χ0v) is 23.1. The number of esters is 1. The minimum absolute atomic E-state index is 0.184. The van der Waals surface area contributed by atoms with Crippen LogP contribution in [0.25, 0.3) is 0 Å². The fraction of sp³-hybridized carbons (Fsp3) is 0.129. The molecule has 0 unspecified atom stereocenters. The van der Waals surface area contributed by atoms with Crippen LogP contribution >= 0.6 is 22.6 Å². The summed E-state index contributed by atoms with van der Waals surface area (Å²) in [5.41, 5.74) is -0.0435. The molecule has 36 heavy (non-hydrogen) atoms. The van der Waals surface area contributed by atoms with E-state index in [0.717, 1.165) is 9.13 Å². The van der Waals surface area contributed by atoms with Gasteiger partial charge in [-0.1, -0.05) is 54.3 Å². The first-order valence-electron chi connectivity index (χ1n) is 11.5. The highest BCUT2D eigenvalue weighted by molar-refractivity contribution is 14.1. The van der Waals surface area contributed by atoms with Crippen LogP contribution in [0, 0.1) is 15.4 Å². The Morgan fingerprint density at radius 1 is 0.806 bits per heavy atom. The summed E-state index contributed by atoms with van der Waals surface area (Å²) in [5, 5.41) is 0. The molecule has 0 atom stereocenters. The van der Waals surface area contributed by atoms with Gasteiger partial charge in [0.1, 0.15) is 5.75 Å². The molecule has 5 heteroatoms. The molecular weight excluding hydrogens is 579 g/mol. The summed E-state index contributed by atoms with van der Waals surface area (Å²) < 4.78 is 12.4. The van der Waals surface area contributed by atoms with Crippen LogP contribution in [0.15, 0.2) is 124 Å². The van der Waals surface area contributed by atoms with Crippen LogP contribution < -0.4 is 4.74 Å². The number of halogens is 1. The Hall–Kier alpha value is -3.21. The Labute approximate surface area is 229 Å². The molecule has 0 aliphatic rings. The quantitative estimate of drug-likeness (QED) is 0.0973. The van der Waals surface area contributed by atoms with E-state index in [0.29, 0.717) is 5.75 Å². The summed E-state index contributed by atoms with van der Waals surface area (Å²) in [6, 6.07) is 36.7. The molecule has 0 aromatic heterocycles. The molecule has 0 heterocycles. The van der Waals surface area contributed by atoms with Crippen molar-refractivity contribution in [1.29, 1.82) is 0 Å². The zero-order chi connectivity index (χ0) is 25.4. The van der Waals surface area contributed by atoms with Crippen molar-refractivity contribution in [3.05, 3.63) is 118 Å². The molecule has 0 aliphatic carbocycles. The Bertz CT molecular complexity index is 1320. The van der Waals surface area contributed by atoms with Gasteiger partial charge in [-0.3, -0.25) is 0 Å². The molecule has 0 N–H and O–H groups in total. The lowest BCUT2D eigenvalue weighted by Gasteiger charge is -2.19. The number of carbonyl (C=O) groups is 1. The number of carbonyl (C=O) groups excluding carboxylic acids is 1. The number of ether oxygens (including phenoxy) is 2. The lowest BCUT2D eigenvalue weighted by molar-refractivity contribution is -0.154. The molecule has 4 aromatic carbocycles. The normalized spacial score (nSPS) is 10.9. The van der Waals surface area contributed by atoms with Gasteiger partial charge >= 0.3 is 5.97 Å². The molecule has 0 amide bonds. The Morgan fingerprint density at radius 2 is 1.39 bits per heavy atom. The second-order valence-corrected chi connectivity index (χ2v) is 11.7. The minimum Gasteiger partial charge on any atom is -0.482 e. The monoisotopic (exact) mass is 605 g/mol. The average Bonchev–Trinajstić information content (AvgIpc) is 2.88. The number of rotatable bonds is 7. The second kappa shape index (κ2) is 12.2. The van der Waals surface area contributed by atoms with E-state index in [1.54, 1.807) is 13.8 Å². The summed E-state index contributed by atoms with van der Waals surface area (Å²) >= 11 is 2.24. The maximum Gasteiger partial charge on any atom is 0.345 e. The highest BCUT2D eigenvalue weighted by Crippen LogP contribution is 2.31. The predicted octanol–water partition coefficient (Wildman–Crippen LogP) is 7.14. The molecule has 0 radical (unpaired) electrons. The summed E-state index contributed by atoms with van der Waals surface area (Å²) in [4.78, 5) is 16.1. The first kappa shape index (κ1) is 25.9. The summed E-state index contributed by atoms with van der Waals surface area (Å²) in [6.45, 7) is 3.36. The van der Waals surface area contributed by atoms with Gasteiger partial charge in [-0.2, -0.15) is 0 Å². The largest absolute Gasteiger partial charge is 0.482 e. The molecule has 0 bridgehead atoms. The maximum absolute atomic E-state index is 12.4. The zero-order valence-electron chi connectivity index (χ0n) is 20.1. The number of hydrogen-bond acceptors (Lipinski definition) is 3. The first-order chi connectivity index (χ1) is 17.4. The van der Waals surface area contributed by atoms with Gasteiger partial charge in [-0.25, -0.2) is 4.79 Å². The van der Waals surface area contributed by atoms with Gasteiger partial charge in [0.25, 0.3) is 0 Å². The lowest BCUT2D eigenvalue weighted by atomic mass is 10.1. The van der Waals surface area contributed by atoms with E-state index in [1.807, 2.05) is 48.5 Å². The van der Waals surface area contributed by atoms with Crippen molar-refractivity contribution in [2.45, 2.75) is 34.1 Å².